The molecule has 1 unspecified atom stereocenters. The average molecular weight is 552 g/mol. The third-order valence-corrected chi connectivity index (χ3v) is 7.74. The maximum Gasteiger partial charge on any atom is 0.280 e. The maximum absolute atomic E-state index is 12.1. The summed E-state index contributed by atoms with van der Waals surface area (Å²) in [5.74, 6) is 1.42. The highest BCUT2D eigenvalue weighted by atomic mass is 31.1. The first-order chi connectivity index (χ1) is 18.6. The molecular formula is C28H50N5O4P. The number of H-pyrrole nitrogens is 1. The lowest BCUT2D eigenvalue weighted by Crippen LogP contribution is -2.13. The van der Waals surface area contributed by atoms with Gasteiger partial charge in [0.15, 0.2) is 11.2 Å². The number of nitrogens with two attached hydrogens (primary N) is 1. The highest BCUT2D eigenvalue weighted by Gasteiger charge is 2.09. The minimum atomic E-state index is -1.58. The second-order valence-electron chi connectivity index (χ2n) is 10.1. The van der Waals surface area contributed by atoms with E-state index < -0.39 is 7.77 Å². The van der Waals surface area contributed by atoms with Crippen molar-refractivity contribution in [3.05, 3.63) is 16.7 Å². The zero-order chi connectivity index (χ0) is 27.3. The normalized spacial score (nSPS) is 12.1. The van der Waals surface area contributed by atoms with E-state index in [4.69, 9.17) is 15.2 Å². The molecule has 0 fully saturated rings. The molecule has 2 rings (SSSR count). The van der Waals surface area contributed by atoms with E-state index in [0.717, 1.165) is 13.0 Å². The minimum Gasteiger partial charge on any atom is -0.629 e. The summed E-state index contributed by atoms with van der Waals surface area (Å²) in [4.78, 5) is 34.4. The molecule has 0 radical (unpaired) electrons. The van der Waals surface area contributed by atoms with E-state index in [1.807, 2.05) is 0 Å². The van der Waals surface area contributed by atoms with Gasteiger partial charge in [0.05, 0.1) is 27.3 Å². The van der Waals surface area contributed by atoms with Gasteiger partial charge in [-0.05, 0) is 6.42 Å². The Labute approximate surface area is 229 Å². The minimum absolute atomic E-state index is 0.0411. The van der Waals surface area contributed by atoms with Gasteiger partial charge >= 0.3 is 0 Å². The summed E-state index contributed by atoms with van der Waals surface area (Å²) in [7, 11) is -1.58. The summed E-state index contributed by atoms with van der Waals surface area (Å²) in [6.45, 7) is 4.19. The second-order valence-corrected chi connectivity index (χ2v) is 11.6. The number of hydrogen-bond donors (Lipinski definition) is 2. The number of ether oxygens (including phenoxy) is 2. The van der Waals surface area contributed by atoms with Gasteiger partial charge in [-0.3, -0.25) is 9.78 Å². The van der Waals surface area contributed by atoms with Crippen LogP contribution in [0, 0.1) is 0 Å². The fourth-order valence-electron chi connectivity index (χ4n) is 4.48. The van der Waals surface area contributed by atoms with Crippen LogP contribution < -0.4 is 16.2 Å². The van der Waals surface area contributed by atoms with Crippen molar-refractivity contribution in [1.82, 2.24) is 19.5 Å². The number of aromatic amines is 1. The zero-order valence-corrected chi connectivity index (χ0v) is 24.4. The Morgan fingerprint density at radius 2 is 1.50 bits per heavy atom. The first-order valence-electron chi connectivity index (χ1n) is 14.8. The van der Waals surface area contributed by atoms with Gasteiger partial charge in [-0.25, -0.2) is 4.98 Å². The Kier molecular flexibility index (Phi) is 18.0. The van der Waals surface area contributed by atoms with Crippen LogP contribution in [-0.4, -0.2) is 51.5 Å². The predicted octanol–water partition coefficient (Wildman–Crippen LogP) is 5.51. The largest absolute Gasteiger partial charge is 0.629 e. The van der Waals surface area contributed by atoms with Crippen LogP contribution in [-0.2, 0) is 16.0 Å². The summed E-state index contributed by atoms with van der Waals surface area (Å²) < 4.78 is 12.7. The van der Waals surface area contributed by atoms with Gasteiger partial charge in [0.25, 0.3) is 5.56 Å². The monoisotopic (exact) mass is 551 g/mol. The molecule has 0 aliphatic heterocycles. The molecule has 38 heavy (non-hydrogen) atoms. The van der Waals surface area contributed by atoms with Crippen LogP contribution >= 0.6 is 7.77 Å². The van der Waals surface area contributed by atoms with Crippen LogP contribution in [0.2, 0.25) is 0 Å². The lowest BCUT2D eigenvalue weighted by molar-refractivity contribution is -0.153. The predicted molar refractivity (Wildman–Crippen MR) is 157 cm³/mol. The molecule has 2 heterocycles. The third kappa shape index (κ3) is 14.4. The molecule has 0 amide bonds. The van der Waals surface area contributed by atoms with E-state index >= 15 is 0 Å². The summed E-state index contributed by atoms with van der Waals surface area (Å²) in [5, 5.41) is 0. The van der Waals surface area contributed by atoms with Crippen molar-refractivity contribution in [2.24, 2.45) is 0 Å². The van der Waals surface area contributed by atoms with E-state index in [2.05, 4.69) is 21.9 Å². The molecule has 2 aromatic heterocycles. The Morgan fingerprint density at radius 1 is 0.921 bits per heavy atom. The molecule has 0 aromatic carbocycles. The fraction of sp³-hybridized carbons (Fsp3) is 0.786. The van der Waals surface area contributed by atoms with Crippen LogP contribution in [0.5, 0.6) is 0 Å². The van der Waals surface area contributed by atoms with Gasteiger partial charge in [0, 0.05) is 13.2 Å². The smallest absolute Gasteiger partial charge is 0.280 e. The summed E-state index contributed by atoms with van der Waals surface area (Å²) >= 11 is 0. The van der Waals surface area contributed by atoms with Crippen molar-refractivity contribution < 1.29 is 14.4 Å². The van der Waals surface area contributed by atoms with Crippen molar-refractivity contribution in [2.75, 3.05) is 31.7 Å². The molecule has 0 spiro atoms. The number of nitrogens with zero attached hydrogens (tertiary/aromatic N) is 3. The van der Waals surface area contributed by atoms with Crippen molar-refractivity contribution in [3.63, 3.8) is 0 Å². The number of rotatable bonds is 24. The molecule has 3 N–H and O–H groups in total. The quantitative estimate of drug-likeness (QED) is 0.130. The van der Waals surface area contributed by atoms with Crippen LogP contribution in [0.15, 0.2) is 11.1 Å². The number of fused-ring (bicyclic) bond motifs is 1. The summed E-state index contributed by atoms with van der Waals surface area (Å²) in [6, 6.07) is 0. The molecule has 10 heteroatoms. The van der Waals surface area contributed by atoms with E-state index in [0.29, 0.717) is 31.6 Å². The summed E-state index contributed by atoms with van der Waals surface area (Å²) in [6.07, 6.45) is 23.7. The van der Waals surface area contributed by atoms with Gasteiger partial charge in [-0.15, -0.1) is 0 Å². The van der Waals surface area contributed by atoms with Crippen molar-refractivity contribution in [1.29, 1.82) is 0 Å². The molecule has 0 saturated heterocycles. The average Bonchev–Trinajstić information content (AvgIpc) is 3.31. The molecular weight excluding hydrogens is 501 g/mol. The molecule has 0 aliphatic rings. The van der Waals surface area contributed by atoms with E-state index in [1.165, 1.54) is 109 Å². The molecule has 0 saturated carbocycles. The summed E-state index contributed by atoms with van der Waals surface area (Å²) in [5.41, 5.74) is 5.86. The molecule has 0 aliphatic carbocycles. The number of hydrogen-bond acceptors (Lipinski definition) is 7. The molecule has 216 valence electrons. The van der Waals surface area contributed by atoms with Gasteiger partial charge in [-0.2, -0.15) is 4.98 Å². The van der Waals surface area contributed by atoms with E-state index in [9.17, 15) is 9.69 Å². The van der Waals surface area contributed by atoms with Gasteiger partial charge < -0.3 is 24.7 Å². The standard InChI is InChI=1S/C28H50N5O4P/c1-2-3-4-5-6-7-8-9-10-11-12-13-14-15-16-17-19-36-21-22-38(35)24-37-20-18-33-23-30-25-26(33)31-28(29)32-27(25)34/h23-24H,2-22H2,1H3,(H3,29,31,32,34). The van der Waals surface area contributed by atoms with Crippen LogP contribution in [0.25, 0.3) is 11.2 Å². The van der Waals surface area contributed by atoms with Crippen molar-refractivity contribution >= 4 is 30.9 Å². The highest BCUT2D eigenvalue weighted by Crippen LogP contribution is 2.14. The first kappa shape index (κ1) is 32.4. The lowest BCUT2D eigenvalue weighted by atomic mass is 10.0. The Morgan fingerprint density at radius 3 is 2.11 bits per heavy atom. The number of anilines is 1. The fourth-order valence-corrected chi connectivity index (χ4v) is 5.17. The molecule has 2 aromatic rings. The Bertz CT molecular complexity index is 962. The van der Waals surface area contributed by atoms with E-state index in [1.54, 1.807) is 4.57 Å². The van der Waals surface area contributed by atoms with Crippen LogP contribution in [0.1, 0.15) is 110 Å². The number of nitrogen functional groups attached to an aromatic ring is 1. The number of aromatic nitrogens is 4. The molecule has 0 bridgehead atoms. The van der Waals surface area contributed by atoms with Gasteiger partial charge in [-0.1, -0.05) is 103 Å². The number of unbranched alkanes of at least 4 members (excludes halogenated alkanes) is 15. The van der Waals surface area contributed by atoms with E-state index in [-0.39, 0.29) is 17.0 Å². The van der Waals surface area contributed by atoms with Gasteiger partial charge in [0.2, 0.25) is 11.9 Å². The SMILES string of the molecule is CCCCCCCCCCCCCCCCCCOCC[P+]([O-])=COCCn1cnc2c(=O)[nH]c(N)nc21. The molecule has 1 atom stereocenters. The maximum atomic E-state index is 12.1. The van der Waals surface area contributed by atoms with Crippen LogP contribution in [0.3, 0.4) is 0 Å². The molecule has 9 nitrogen and oxygen atoms in total. The topological polar surface area (TPSA) is 131 Å². The third-order valence-electron chi connectivity index (χ3n) is 6.73. The van der Waals surface area contributed by atoms with Gasteiger partial charge in [0.1, 0.15) is 6.16 Å². The van der Waals surface area contributed by atoms with Crippen molar-refractivity contribution in [3.8, 4) is 0 Å². The number of nitrogens with one attached hydrogen (secondary N) is 1. The second kappa shape index (κ2) is 21.1. The highest BCUT2D eigenvalue weighted by molar-refractivity contribution is 7.49. The lowest BCUT2D eigenvalue weighted by Gasteiger charge is -2.05. The number of imidazole rings is 1. The van der Waals surface area contributed by atoms with Crippen molar-refractivity contribution in [2.45, 2.75) is 116 Å². The Balaban J connectivity index is 1.35. The Hall–Kier alpha value is -1.80. The zero-order valence-electron chi connectivity index (χ0n) is 23.5. The van der Waals surface area contributed by atoms with Crippen LogP contribution in [0.4, 0.5) is 5.95 Å². The first-order valence-corrected chi connectivity index (χ1v) is 16.3.